The molecule has 0 spiro atoms. The lowest BCUT2D eigenvalue weighted by atomic mass is 9.95. The van der Waals surface area contributed by atoms with Gasteiger partial charge in [-0.05, 0) is 55.8 Å². The number of benzene rings is 1. The van der Waals surface area contributed by atoms with Crippen molar-refractivity contribution in [3.05, 3.63) is 36.2 Å². The second-order valence-electron chi connectivity index (χ2n) is 7.94. The molecule has 2 saturated heterocycles. The average molecular weight is 368 g/mol. The highest BCUT2D eigenvalue weighted by atomic mass is 16.6. The van der Waals surface area contributed by atoms with Gasteiger partial charge in [-0.25, -0.2) is 0 Å². The van der Waals surface area contributed by atoms with Crippen LogP contribution in [0.5, 0.6) is 11.5 Å². The molecule has 144 valence electrons. The van der Waals surface area contributed by atoms with Crippen molar-refractivity contribution in [2.75, 3.05) is 44.3 Å². The third kappa shape index (κ3) is 3.50. The number of H-pyrrole nitrogens is 1. The van der Waals surface area contributed by atoms with E-state index in [9.17, 15) is 0 Å². The first-order valence-electron chi connectivity index (χ1n) is 10.2. The van der Waals surface area contributed by atoms with Crippen LogP contribution >= 0.6 is 0 Å². The number of fused-ring (bicyclic) bond motifs is 1. The standard InChI is InChI=1S/C21H28N4O2/c1-2-19(17-3-4-20-21(12-17)27-11-10-26-20)25(7-1)15-16-5-8-24(9-6-16)18-13-22-23-14-18/h3-4,12-14,16,19H,1-2,5-11,15H2,(H,22,23)/t19-/m1/s1. The molecule has 0 unspecified atom stereocenters. The van der Waals surface area contributed by atoms with Gasteiger partial charge in [0, 0.05) is 31.9 Å². The highest BCUT2D eigenvalue weighted by Gasteiger charge is 2.30. The third-order valence-corrected chi connectivity index (χ3v) is 6.27. The first kappa shape index (κ1) is 16.9. The lowest BCUT2D eigenvalue weighted by molar-refractivity contribution is 0.169. The molecule has 0 bridgehead atoms. The second kappa shape index (κ2) is 7.43. The Morgan fingerprint density at radius 3 is 2.70 bits per heavy atom. The molecule has 27 heavy (non-hydrogen) atoms. The van der Waals surface area contributed by atoms with Crippen LogP contribution in [0.15, 0.2) is 30.6 Å². The summed E-state index contributed by atoms with van der Waals surface area (Å²) in [5.41, 5.74) is 2.61. The fraction of sp³-hybridized carbons (Fsp3) is 0.571. The van der Waals surface area contributed by atoms with Crippen molar-refractivity contribution in [2.45, 2.75) is 31.7 Å². The summed E-state index contributed by atoms with van der Waals surface area (Å²) in [5, 5.41) is 7.00. The van der Waals surface area contributed by atoms with Gasteiger partial charge in [0.25, 0.3) is 0 Å². The monoisotopic (exact) mass is 368 g/mol. The van der Waals surface area contributed by atoms with E-state index in [0.29, 0.717) is 19.3 Å². The maximum atomic E-state index is 5.80. The van der Waals surface area contributed by atoms with Gasteiger partial charge in [0.1, 0.15) is 13.2 Å². The number of likely N-dealkylation sites (tertiary alicyclic amines) is 1. The van der Waals surface area contributed by atoms with Gasteiger partial charge in [0.15, 0.2) is 11.5 Å². The number of piperidine rings is 1. The molecule has 0 radical (unpaired) electrons. The molecule has 1 aromatic carbocycles. The Balaban J connectivity index is 1.22. The number of hydrogen-bond acceptors (Lipinski definition) is 5. The summed E-state index contributed by atoms with van der Waals surface area (Å²) in [6, 6.07) is 7.05. The number of rotatable bonds is 4. The third-order valence-electron chi connectivity index (χ3n) is 6.27. The summed E-state index contributed by atoms with van der Waals surface area (Å²) in [7, 11) is 0. The summed E-state index contributed by atoms with van der Waals surface area (Å²) in [4.78, 5) is 5.14. The Morgan fingerprint density at radius 2 is 1.89 bits per heavy atom. The molecule has 3 aliphatic rings. The molecule has 6 nitrogen and oxygen atoms in total. The van der Waals surface area contributed by atoms with Gasteiger partial charge in [-0.1, -0.05) is 6.07 Å². The molecule has 1 N–H and O–H groups in total. The van der Waals surface area contributed by atoms with Crippen LogP contribution in [0.25, 0.3) is 0 Å². The van der Waals surface area contributed by atoms with E-state index in [1.54, 1.807) is 0 Å². The number of hydrogen-bond donors (Lipinski definition) is 1. The van der Waals surface area contributed by atoms with Crippen molar-refractivity contribution in [3.8, 4) is 11.5 Å². The molecule has 0 aliphatic carbocycles. The van der Waals surface area contributed by atoms with E-state index in [0.717, 1.165) is 30.5 Å². The average Bonchev–Trinajstić information content (AvgIpc) is 3.40. The van der Waals surface area contributed by atoms with Crippen molar-refractivity contribution in [3.63, 3.8) is 0 Å². The quantitative estimate of drug-likeness (QED) is 0.898. The molecule has 3 aliphatic heterocycles. The SMILES string of the molecule is c1cc2c(cc1[C@H]1CCCN1CC1CCN(c3cn[nH]c3)CC1)OCCO2. The van der Waals surface area contributed by atoms with E-state index >= 15 is 0 Å². The molecule has 1 aromatic heterocycles. The summed E-state index contributed by atoms with van der Waals surface area (Å²) in [5.74, 6) is 2.59. The Bertz CT molecular complexity index is 756. The van der Waals surface area contributed by atoms with E-state index in [-0.39, 0.29) is 0 Å². The summed E-state index contributed by atoms with van der Waals surface area (Å²) in [6.07, 6.45) is 8.98. The molecule has 2 aromatic rings. The zero-order valence-corrected chi connectivity index (χ0v) is 15.8. The number of ether oxygens (including phenoxy) is 2. The van der Waals surface area contributed by atoms with Gasteiger partial charge >= 0.3 is 0 Å². The van der Waals surface area contributed by atoms with E-state index < -0.39 is 0 Å². The van der Waals surface area contributed by atoms with Gasteiger partial charge < -0.3 is 14.4 Å². The number of anilines is 1. The molecule has 1 atom stereocenters. The fourth-order valence-electron chi connectivity index (χ4n) is 4.81. The summed E-state index contributed by atoms with van der Waals surface area (Å²) >= 11 is 0. The number of nitrogens with zero attached hydrogens (tertiary/aromatic N) is 3. The topological polar surface area (TPSA) is 53.6 Å². The van der Waals surface area contributed by atoms with Crippen LogP contribution in [0, 0.1) is 5.92 Å². The highest BCUT2D eigenvalue weighted by molar-refractivity contribution is 5.45. The Labute approximate surface area is 160 Å². The predicted octanol–water partition coefficient (Wildman–Crippen LogP) is 3.23. The normalized spacial score (nSPS) is 23.7. The molecule has 5 rings (SSSR count). The van der Waals surface area contributed by atoms with Crippen molar-refractivity contribution in [2.24, 2.45) is 5.92 Å². The van der Waals surface area contributed by atoms with Gasteiger partial charge in [-0.2, -0.15) is 5.10 Å². The molecule has 2 fully saturated rings. The van der Waals surface area contributed by atoms with Crippen LogP contribution in [0.2, 0.25) is 0 Å². The highest BCUT2D eigenvalue weighted by Crippen LogP contribution is 2.39. The first-order valence-corrected chi connectivity index (χ1v) is 10.2. The molecular weight excluding hydrogens is 340 g/mol. The lowest BCUT2D eigenvalue weighted by Gasteiger charge is -2.36. The lowest BCUT2D eigenvalue weighted by Crippen LogP contribution is -2.38. The first-order chi connectivity index (χ1) is 13.4. The fourth-order valence-corrected chi connectivity index (χ4v) is 4.81. The predicted molar refractivity (Wildman–Crippen MR) is 105 cm³/mol. The zero-order valence-electron chi connectivity index (χ0n) is 15.8. The van der Waals surface area contributed by atoms with E-state index in [1.807, 2.05) is 12.4 Å². The van der Waals surface area contributed by atoms with Crippen molar-refractivity contribution in [1.29, 1.82) is 0 Å². The summed E-state index contributed by atoms with van der Waals surface area (Å²) < 4.78 is 11.5. The Hall–Kier alpha value is -2.21. The molecular formula is C21H28N4O2. The zero-order chi connectivity index (χ0) is 18.1. The maximum absolute atomic E-state index is 5.80. The Morgan fingerprint density at radius 1 is 1.04 bits per heavy atom. The van der Waals surface area contributed by atoms with Crippen LogP contribution in [-0.4, -0.2) is 54.5 Å². The summed E-state index contributed by atoms with van der Waals surface area (Å²) in [6.45, 7) is 5.98. The minimum Gasteiger partial charge on any atom is -0.486 e. The van der Waals surface area contributed by atoms with Crippen LogP contribution < -0.4 is 14.4 Å². The molecule has 0 saturated carbocycles. The van der Waals surface area contributed by atoms with Crippen LogP contribution in [0.1, 0.15) is 37.3 Å². The number of aromatic amines is 1. The largest absolute Gasteiger partial charge is 0.486 e. The van der Waals surface area contributed by atoms with E-state index in [1.165, 1.54) is 50.0 Å². The minimum absolute atomic E-state index is 0.521. The van der Waals surface area contributed by atoms with Gasteiger partial charge in [-0.15, -0.1) is 0 Å². The van der Waals surface area contributed by atoms with Gasteiger partial charge in [0.05, 0.1) is 11.9 Å². The minimum atomic E-state index is 0.521. The molecule has 6 heteroatoms. The van der Waals surface area contributed by atoms with Crippen LogP contribution in [-0.2, 0) is 0 Å². The van der Waals surface area contributed by atoms with E-state index in [2.05, 4.69) is 38.2 Å². The van der Waals surface area contributed by atoms with Gasteiger partial charge in [0.2, 0.25) is 0 Å². The smallest absolute Gasteiger partial charge is 0.161 e. The van der Waals surface area contributed by atoms with Crippen molar-refractivity contribution < 1.29 is 9.47 Å². The molecule has 0 amide bonds. The van der Waals surface area contributed by atoms with Gasteiger partial charge in [-0.3, -0.25) is 10.00 Å². The van der Waals surface area contributed by atoms with E-state index in [4.69, 9.17) is 9.47 Å². The Kier molecular flexibility index (Phi) is 4.66. The van der Waals surface area contributed by atoms with Crippen LogP contribution in [0.3, 0.4) is 0 Å². The molecule has 4 heterocycles. The second-order valence-corrected chi connectivity index (χ2v) is 7.94. The maximum Gasteiger partial charge on any atom is 0.161 e. The van der Waals surface area contributed by atoms with Crippen molar-refractivity contribution >= 4 is 5.69 Å². The van der Waals surface area contributed by atoms with Crippen LogP contribution in [0.4, 0.5) is 5.69 Å². The van der Waals surface area contributed by atoms with Crippen molar-refractivity contribution in [1.82, 2.24) is 15.1 Å². The number of aromatic nitrogens is 2. The number of nitrogens with one attached hydrogen (secondary N) is 1.